The van der Waals surface area contributed by atoms with Crippen LogP contribution in [-0.2, 0) is 4.74 Å². The molecule has 2 rings (SSSR count). The molecular formula is C10H16N2O2. The second-order valence-corrected chi connectivity index (χ2v) is 3.76. The van der Waals surface area contributed by atoms with Crippen molar-refractivity contribution in [2.75, 3.05) is 0 Å². The van der Waals surface area contributed by atoms with Crippen LogP contribution in [-0.4, -0.2) is 12.2 Å². The van der Waals surface area contributed by atoms with E-state index in [2.05, 4.69) is 12.3 Å². The Kier molecular flexibility index (Phi) is 2.86. The second-order valence-electron chi connectivity index (χ2n) is 3.76. The van der Waals surface area contributed by atoms with E-state index in [9.17, 15) is 0 Å². The topological polar surface area (TPSA) is 60.4 Å². The van der Waals surface area contributed by atoms with Crippen LogP contribution in [0.1, 0.15) is 31.4 Å². The van der Waals surface area contributed by atoms with E-state index >= 15 is 0 Å². The summed E-state index contributed by atoms with van der Waals surface area (Å²) in [6, 6.07) is 1.95. The van der Waals surface area contributed by atoms with Gasteiger partial charge in [-0.3, -0.25) is 11.3 Å². The van der Waals surface area contributed by atoms with E-state index in [1.54, 1.807) is 12.5 Å². The van der Waals surface area contributed by atoms with Gasteiger partial charge in [0.25, 0.3) is 0 Å². The molecular weight excluding hydrogens is 180 g/mol. The maximum atomic E-state index is 5.75. The van der Waals surface area contributed by atoms with Gasteiger partial charge in [-0.2, -0.15) is 0 Å². The van der Waals surface area contributed by atoms with E-state index in [-0.39, 0.29) is 12.1 Å². The van der Waals surface area contributed by atoms with Gasteiger partial charge in [0.1, 0.15) is 0 Å². The highest BCUT2D eigenvalue weighted by Gasteiger charge is 2.30. The van der Waals surface area contributed by atoms with Crippen LogP contribution in [0.3, 0.4) is 0 Å². The summed E-state index contributed by atoms with van der Waals surface area (Å²) in [4.78, 5) is 0. The molecule has 1 aromatic heterocycles. The molecule has 3 N–H and O–H groups in total. The molecule has 1 aromatic rings. The Hall–Kier alpha value is -0.840. The predicted molar refractivity (Wildman–Crippen MR) is 52.3 cm³/mol. The van der Waals surface area contributed by atoms with Crippen LogP contribution < -0.4 is 11.3 Å². The molecule has 0 spiro atoms. The summed E-state index contributed by atoms with van der Waals surface area (Å²) in [5.74, 6) is 5.52. The lowest BCUT2D eigenvalue weighted by Gasteiger charge is -2.21. The highest BCUT2D eigenvalue weighted by molar-refractivity contribution is 5.13. The van der Waals surface area contributed by atoms with Crippen molar-refractivity contribution in [3.63, 3.8) is 0 Å². The van der Waals surface area contributed by atoms with Crippen molar-refractivity contribution in [3.05, 3.63) is 24.2 Å². The summed E-state index contributed by atoms with van der Waals surface area (Å²) in [5.41, 5.74) is 3.83. The SMILES string of the molecule is CC1CCC(C(NN)c2ccoc2)O1. The fourth-order valence-corrected chi connectivity index (χ4v) is 1.95. The zero-order valence-electron chi connectivity index (χ0n) is 8.27. The van der Waals surface area contributed by atoms with Gasteiger partial charge in [0.05, 0.1) is 30.8 Å². The molecule has 4 nitrogen and oxygen atoms in total. The first-order valence-electron chi connectivity index (χ1n) is 4.95. The fraction of sp³-hybridized carbons (Fsp3) is 0.600. The number of rotatable bonds is 3. The molecule has 14 heavy (non-hydrogen) atoms. The highest BCUT2D eigenvalue weighted by Crippen LogP contribution is 2.29. The van der Waals surface area contributed by atoms with Crippen molar-refractivity contribution >= 4 is 0 Å². The summed E-state index contributed by atoms with van der Waals surface area (Å²) in [5, 5.41) is 0. The number of ether oxygens (including phenoxy) is 1. The highest BCUT2D eigenvalue weighted by atomic mass is 16.5. The molecule has 1 aliphatic rings. The molecule has 0 radical (unpaired) electrons. The first-order chi connectivity index (χ1) is 6.81. The molecule has 0 amide bonds. The summed E-state index contributed by atoms with van der Waals surface area (Å²) < 4.78 is 10.8. The third-order valence-electron chi connectivity index (χ3n) is 2.72. The first kappa shape index (κ1) is 9.71. The van der Waals surface area contributed by atoms with Crippen molar-refractivity contribution in [1.29, 1.82) is 0 Å². The number of hydrogen-bond donors (Lipinski definition) is 2. The Bertz CT molecular complexity index is 274. The third-order valence-corrected chi connectivity index (χ3v) is 2.72. The van der Waals surface area contributed by atoms with Crippen LogP contribution in [0.2, 0.25) is 0 Å². The van der Waals surface area contributed by atoms with E-state index in [4.69, 9.17) is 15.0 Å². The lowest BCUT2D eigenvalue weighted by molar-refractivity contribution is 0.0315. The van der Waals surface area contributed by atoms with Crippen LogP contribution in [0.25, 0.3) is 0 Å². The summed E-state index contributed by atoms with van der Waals surface area (Å²) in [6.45, 7) is 2.09. The Morgan fingerprint density at radius 2 is 2.43 bits per heavy atom. The lowest BCUT2D eigenvalue weighted by Crippen LogP contribution is -2.36. The Labute approximate surface area is 83.4 Å². The van der Waals surface area contributed by atoms with Crippen LogP contribution >= 0.6 is 0 Å². The number of hydrogen-bond acceptors (Lipinski definition) is 4. The molecule has 78 valence electrons. The average Bonchev–Trinajstić information content (AvgIpc) is 2.79. The van der Waals surface area contributed by atoms with Gasteiger partial charge in [-0.15, -0.1) is 0 Å². The minimum atomic E-state index is 0.0405. The zero-order chi connectivity index (χ0) is 9.97. The smallest absolute Gasteiger partial charge is 0.0951 e. The van der Waals surface area contributed by atoms with E-state index in [0.717, 1.165) is 18.4 Å². The maximum Gasteiger partial charge on any atom is 0.0951 e. The number of furan rings is 1. The monoisotopic (exact) mass is 196 g/mol. The van der Waals surface area contributed by atoms with Crippen molar-refractivity contribution < 1.29 is 9.15 Å². The largest absolute Gasteiger partial charge is 0.472 e. The van der Waals surface area contributed by atoms with Crippen molar-refractivity contribution in [1.82, 2.24) is 5.43 Å². The normalized spacial score (nSPS) is 29.3. The van der Waals surface area contributed by atoms with E-state index < -0.39 is 0 Å². The molecule has 0 saturated carbocycles. The lowest BCUT2D eigenvalue weighted by atomic mass is 10.0. The molecule has 0 aliphatic carbocycles. The molecule has 1 aliphatic heterocycles. The molecule has 3 unspecified atom stereocenters. The molecule has 3 atom stereocenters. The number of nitrogens with one attached hydrogen (secondary N) is 1. The van der Waals surface area contributed by atoms with Gasteiger partial charge in [0.2, 0.25) is 0 Å². The molecule has 2 heterocycles. The minimum Gasteiger partial charge on any atom is -0.472 e. The van der Waals surface area contributed by atoms with Gasteiger partial charge < -0.3 is 9.15 Å². The first-order valence-corrected chi connectivity index (χ1v) is 4.95. The van der Waals surface area contributed by atoms with Crippen LogP contribution in [0.15, 0.2) is 23.0 Å². The third kappa shape index (κ3) is 1.82. The molecule has 0 bridgehead atoms. The maximum absolute atomic E-state index is 5.75. The van der Waals surface area contributed by atoms with Gasteiger partial charge in [-0.25, -0.2) is 0 Å². The van der Waals surface area contributed by atoms with Gasteiger partial charge in [0.15, 0.2) is 0 Å². The van der Waals surface area contributed by atoms with Gasteiger partial charge in [-0.1, -0.05) is 0 Å². The standard InChI is InChI=1S/C10H16N2O2/c1-7-2-3-9(14-7)10(12-11)8-4-5-13-6-8/h4-7,9-10,12H,2-3,11H2,1H3. The van der Waals surface area contributed by atoms with Crippen LogP contribution in [0.4, 0.5) is 0 Å². The average molecular weight is 196 g/mol. The van der Waals surface area contributed by atoms with Crippen molar-refractivity contribution in [2.24, 2.45) is 5.84 Å². The number of hydrazine groups is 1. The van der Waals surface area contributed by atoms with E-state index in [0.29, 0.717) is 6.10 Å². The quantitative estimate of drug-likeness (QED) is 0.566. The summed E-state index contributed by atoms with van der Waals surface area (Å²) >= 11 is 0. The van der Waals surface area contributed by atoms with Gasteiger partial charge >= 0.3 is 0 Å². The second kappa shape index (κ2) is 4.13. The Morgan fingerprint density at radius 1 is 1.57 bits per heavy atom. The molecule has 1 saturated heterocycles. The molecule has 0 aromatic carbocycles. The van der Waals surface area contributed by atoms with Crippen LogP contribution in [0.5, 0.6) is 0 Å². The van der Waals surface area contributed by atoms with E-state index in [1.165, 1.54) is 0 Å². The Morgan fingerprint density at radius 3 is 2.93 bits per heavy atom. The van der Waals surface area contributed by atoms with Gasteiger partial charge in [0, 0.05) is 5.56 Å². The molecule has 4 heteroatoms. The predicted octanol–water partition coefficient (Wildman–Crippen LogP) is 1.35. The fourth-order valence-electron chi connectivity index (χ4n) is 1.95. The van der Waals surface area contributed by atoms with Crippen molar-refractivity contribution in [3.8, 4) is 0 Å². The summed E-state index contributed by atoms with van der Waals surface area (Å²) in [6.07, 6.45) is 5.99. The van der Waals surface area contributed by atoms with Gasteiger partial charge in [-0.05, 0) is 25.8 Å². The van der Waals surface area contributed by atoms with Crippen LogP contribution in [0, 0.1) is 0 Å². The van der Waals surface area contributed by atoms with Crippen molar-refractivity contribution in [2.45, 2.75) is 38.0 Å². The van der Waals surface area contributed by atoms with E-state index in [1.807, 2.05) is 6.07 Å². The molecule has 1 fully saturated rings. The minimum absolute atomic E-state index is 0.0405. The number of nitrogens with two attached hydrogens (primary N) is 1. The zero-order valence-corrected chi connectivity index (χ0v) is 8.27. The summed E-state index contributed by atoms with van der Waals surface area (Å²) in [7, 11) is 0. The Balaban J connectivity index is 2.07.